The molecule has 9 heteroatoms. The number of halogens is 3. The van der Waals surface area contributed by atoms with Crippen LogP contribution >= 0.6 is 23.1 Å². The quantitative estimate of drug-likeness (QED) is 0.439. The van der Waals surface area contributed by atoms with E-state index in [9.17, 15) is 18.0 Å². The Balaban J connectivity index is 1.43. The third-order valence-corrected chi connectivity index (χ3v) is 7.31. The highest BCUT2D eigenvalue weighted by Crippen LogP contribution is 2.37. The van der Waals surface area contributed by atoms with Crippen LogP contribution in [0.3, 0.4) is 0 Å². The molecule has 2 heterocycles. The van der Waals surface area contributed by atoms with Gasteiger partial charge in [-0.2, -0.15) is 13.2 Å². The molecule has 0 radical (unpaired) electrons. The Labute approximate surface area is 185 Å². The zero-order chi connectivity index (χ0) is 22.2. The van der Waals surface area contributed by atoms with E-state index in [0.717, 1.165) is 38.9 Å². The number of thiazole rings is 1. The maximum absolute atomic E-state index is 12.8. The molecule has 1 aliphatic rings. The lowest BCUT2D eigenvalue weighted by atomic mass is 10.1. The fourth-order valence-corrected chi connectivity index (χ4v) is 5.50. The van der Waals surface area contributed by atoms with Crippen LogP contribution in [0.25, 0.3) is 10.6 Å². The second-order valence-electron chi connectivity index (χ2n) is 7.20. The molecule has 162 valence electrons. The molecule has 31 heavy (non-hydrogen) atoms. The second kappa shape index (κ2) is 8.55. The second-order valence-corrected chi connectivity index (χ2v) is 9.34. The summed E-state index contributed by atoms with van der Waals surface area (Å²) in [4.78, 5) is 17.5. The van der Waals surface area contributed by atoms with Crippen LogP contribution in [0.4, 0.5) is 13.2 Å². The van der Waals surface area contributed by atoms with Gasteiger partial charge in [0.2, 0.25) is 0 Å². The van der Waals surface area contributed by atoms with Crippen LogP contribution in [0, 0.1) is 6.92 Å². The van der Waals surface area contributed by atoms with Gasteiger partial charge in [-0.15, -0.1) is 23.1 Å². The molecular weight excluding hydrogens is 447 g/mol. The molecule has 0 saturated carbocycles. The molecule has 0 bridgehead atoms. The number of carboxylic acids is 1. The zero-order valence-electron chi connectivity index (χ0n) is 16.4. The Kier molecular flexibility index (Phi) is 5.98. The van der Waals surface area contributed by atoms with Crippen LogP contribution in [-0.2, 0) is 23.1 Å². The third-order valence-electron chi connectivity index (χ3n) is 4.90. The fraction of sp³-hybridized carbons (Fsp3) is 0.273. The maximum atomic E-state index is 12.8. The summed E-state index contributed by atoms with van der Waals surface area (Å²) in [5, 5.41) is 9.63. The van der Waals surface area contributed by atoms with E-state index in [1.165, 1.54) is 23.5 Å². The Morgan fingerprint density at radius 1 is 1.26 bits per heavy atom. The van der Waals surface area contributed by atoms with Crippen LogP contribution in [0.5, 0.6) is 5.75 Å². The number of ether oxygens (including phenoxy) is 1. The molecule has 3 aromatic rings. The number of rotatable bonds is 6. The summed E-state index contributed by atoms with van der Waals surface area (Å²) >= 11 is 3.11. The van der Waals surface area contributed by atoms with E-state index in [1.807, 2.05) is 25.1 Å². The van der Waals surface area contributed by atoms with Crippen molar-refractivity contribution in [3.8, 4) is 16.3 Å². The molecule has 2 aromatic carbocycles. The van der Waals surface area contributed by atoms with Gasteiger partial charge >= 0.3 is 12.1 Å². The minimum absolute atomic E-state index is 0.0239. The molecule has 0 amide bonds. The van der Waals surface area contributed by atoms with E-state index >= 15 is 0 Å². The number of carbonyl (C=O) groups is 1. The molecule has 1 aliphatic heterocycles. The molecule has 1 N–H and O–H groups in total. The highest BCUT2D eigenvalue weighted by Gasteiger charge is 2.30. The van der Waals surface area contributed by atoms with E-state index in [1.54, 1.807) is 11.8 Å². The van der Waals surface area contributed by atoms with E-state index in [-0.39, 0.29) is 12.5 Å². The molecule has 0 aliphatic carbocycles. The average molecular weight is 466 g/mol. The number of benzene rings is 2. The summed E-state index contributed by atoms with van der Waals surface area (Å²) in [7, 11) is 0. The van der Waals surface area contributed by atoms with Crippen LogP contribution in [-0.4, -0.2) is 22.2 Å². The number of carboxylic acid groups (broad SMARTS) is 1. The number of alkyl halides is 3. The Hall–Kier alpha value is -2.52. The summed E-state index contributed by atoms with van der Waals surface area (Å²) in [6, 6.07) is 10.9. The van der Waals surface area contributed by atoms with Crippen LogP contribution in [0.15, 0.2) is 47.4 Å². The normalized spacial score (nSPS) is 15.5. The molecule has 0 fully saturated rings. The van der Waals surface area contributed by atoms with Crippen molar-refractivity contribution >= 4 is 29.1 Å². The van der Waals surface area contributed by atoms with Crippen molar-refractivity contribution in [1.82, 2.24) is 4.98 Å². The third kappa shape index (κ3) is 5.04. The summed E-state index contributed by atoms with van der Waals surface area (Å²) in [5.41, 5.74) is 1.85. The highest BCUT2D eigenvalue weighted by molar-refractivity contribution is 7.98. The van der Waals surface area contributed by atoms with E-state index in [2.05, 4.69) is 4.98 Å². The van der Waals surface area contributed by atoms with Gasteiger partial charge in [0.1, 0.15) is 16.9 Å². The Bertz CT molecular complexity index is 1110. The first-order valence-electron chi connectivity index (χ1n) is 9.47. The zero-order valence-corrected chi connectivity index (χ0v) is 18.0. The van der Waals surface area contributed by atoms with E-state index < -0.39 is 17.7 Å². The first-order chi connectivity index (χ1) is 14.7. The topological polar surface area (TPSA) is 59.4 Å². The first-order valence-corrected chi connectivity index (χ1v) is 11.3. The monoisotopic (exact) mass is 465 g/mol. The van der Waals surface area contributed by atoms with Gasteiger partial charge in [-0.25, -0.2) is 4.98 Å². The summed E-state index contributed by atoms with van der Waals surface area (Å²) in [6.07, 6.45) is -4.13. The first kappa shape index (κ1) is 21.7. The van der Waals surface area contributed by atoms with Crippen molar-refractivity contribution in [1.29, 1.82) is 0 Å². The Morgan fingerprint density at radius 3 is 2.68 bits per heavy atom. The smallest absolute Gasteiger partial charge is 0.416 e. The van der Waals surface area contributed by atoms with Crippen molar-refractivity contribution in [3.05, 3.63) is 64.2 Å². The summed E-state index contributed by atoms with van der Waals surface area (Å²) < 4.78 is 44.0. The number of aromatic nitrogens is 1. The van der Waals surface area contributed by atoms with Gasteiger partial charge in [-0.3, -0.25) is 4.79 Å². The van der Waals surface area contributed by atoms with Crippen molar-refractivity contribution in [3.63, 3.8) is 0 Å². The van der Waals surface area contributed by atoms with Crippen LogP contribution < -0.4 is 4.74 Å². The minimum Gasteiger partial charge on any atom is -0.489 e. The lowest BCUT2D eigenvalue weighted by molar-refractivity contribution is -0.139. The van der Waals surface area contributed by atoms with Crippen molar-refractivity contribution in [2.45, 2.75) is 42.7 Å². The van der Waals surface area contributed by atoms with Crippen molar-refractivity contribution in [2.24, 2.45) is 0 Å². The molecule has 1 atom stereocenters. The van der Waals surface area contributed by atoms with Gasteiger partial charge in [0.15, 0.2) is 0 Å². The van der Waals surface area contributed by atoms with Gasteiger partial charge in [-0.1, -0.05) is 12.1 Å². The molecule has 4 nitrogen and oxygen atoms in total. The maximum Gasteiger partial charge on any atom is 0.416 e. The molecule has 1 aromatic heterocycles. The fourth-order valence-electron chi connectivity index (χ4n) is 3.33. The van der Waals surface area contributed by atoms with Crippen LogP contribution in [0.1, 0.15) is 28.1 Å². The van der Waals surface area contributed by atoms with Gasteiger partial charge < -0.3 is 9.84 Å². The van der Waals surface area contributed by atoms with Crippen LogP contribution in [0.2, 0.25) is 0 Å². The molecule has 0 saturated heterocycles. The lowest BCUT2D eigenvalue weighted by Crippen LogP contribution is -2.17. The minimum atomic E-state index is -4.35. The molecular formula is C22H18F3NO3S2. The van der Waals surface area contributed by atoms with Gasteiger partial charge in [0, 0.05) is 27.5 Å². The number of hydrogen-bond donors (Lipinski definition) is 1. The van der Waals surface area contributed by atoms with Crippen molar-refractivity contribution in [2.75, 3.05) is 0 Å². The average Bonchev–Trinajstić information content (AvgIpc) is 3.27. The van der Waals surface area contributed by atoms with Crippen molar-refractivity contribution < 1.29 is 27.8 Å². The van der Waals surface area contributed by atoms with E-state index in [0.29, 0.717) is 22.7 Å². The summed E-state index contributed by atoms with van der Waals surface area (Å²) in [5.74, 6) is 0.536. The van der Waals surface area contributed by atoms with Gasteiger partial charge in [0.05, 0.1) is 17.7 Å². The largest absolute Gasteiger partial charge is 0.489 e. The van der Waals surface area contributed by atoms with Gasteiger partial charge in [0.25, 0.3) is 0 Å². The van der Waals surface area contributed by atoms with E-state index in [4.69, 9.17) is 9.84 Å². The SMILES string of the molecule is Cc1nc(-c2ccc(C(F)(F)F)cc2)sc1CSc1ccc2c(c1)CC(CC(=O)O)O2. The highest BCUT2D eigenvalue weighted by atomic mass is 32.2. The standard InChI is InChI=1S/C22H18F3NO3S2/c1-12-19(31-21(26-12)13-2-4-15(5-3-13)22(23,24)25)11-30-17-6-7-18-14(9-17)8-16(29-18)10-20(27)28/h2-7,9,16H,8,10-11H2,1H3,(H,27,28). The predicted molar refractivity (Wildman–Crippen MR) is 114 cm³/mol. The number of thioether (sulfide) groups is 1. The molecule has 4 rings (SSSR count). The summed E-state index contributed by atoms with van der Waals surface area (Å²) in [6.45, 7) is 1.90. The number of aliphatic carboxylic acids is 1. The number of hydrogen-bond acceptors (Lipinski definition) is 5. The molecule has 0 spiro atoms. The van der Waals surface area contributed by atoms with Gasteiger partial charge in [-0.05, 0) is 42.8 Å². The lowest BCUT2D eigenvalue weighted by Gasteiger charge is -2.06. The number of fused-ring (bicyclic) bond motifs is 1. The Morgan fingerprint density at radius 2 is 2.00 bits per heavy atom. The predicted octanol–water partition coefficient (Wildman–Crippen LogP) is 6.21. The number of nitrogens with zero attached hydrogens (tertiary/aromatic N) is 1. The number of aryl methyl sites for hydroxylation is 1. The molecule has 1 unspecified atom stereocenters.